The van der Waals surface area contributed by atoms with Crippen LogP contribution in [0.5, 0.6) is 11.5 Å². The highest BCUT2D eigenvalue weighted by Gasteiger charge is 2.34. The van der Waals surface area contributed by atoms with E-state index in [0.29, 0.717) is 13.1 Å². The van der Waals surface area contributed by atoms with E-state index in [1.807, 2.05) is 55.5 Å². The Bertz CT molecular complexity index is 1330. The fraction of sp³-hybridized carbons (Fsp3) is 0.424. The van der Waals surface area contributed by atoms with Crippen molar-refractivity contribution in [2.45, 2.75) is 58.0 Å². The summed E-state index contributed by atoms with van der Waals surface area (Å²) in [5.41, 5.74) is 6.39. The van der Waals surface area contributed by atoms with E-state index in [4.69, 9.17) is 18.9 Å². The van der Waals surface area contributed by atoms with Crippen LogP contribution in [0.1, 0.15) is 59.1 Å². The number of nitrogens with zero attached hydrogens (tertiary/aromatic N) is 1. The van der Waals surface area contributed by atoms with Gasteiger partial charge in [0.2, 0.25) is 0 Å². The number of carbonyl (C=O) groups is 1. The van der Waals surface area contributed by atoms with Crippen LogP contribution in [0.2, 0.25) is 0 Å². The maximum atomic E-state index is 11.8. The molecule has 5 rings (SSSR count). The molecule has 2 aliphatic rings. The van der Waals surface area contributed by atoms with E-state index in [2.05, 4.69) is 27.7 Å². The Morgan fingerprint density at radius 3 is 2.26 bits per heavy atom. The van der Waals surface area contributed by atoms with Crippen LogP contribution in [0.25, 0.3) is 0 Å². The fourth-order valence-electron chi connectivity index (χ4n) is 5.62. The molecule has 2 aliphatic heterocycles. The Morgan fingerprint density at radius 2 is 1.60 bits per heavy atom. The highest BCUT2D eigenvalue weighted by atomic mass is 16.7. The van der Waals surface area contributed by atoms with Gasteiger partial charge in [-0.05, 0) is 53.3 Å². The maximum Gasteiger partial charge on any atom is 0.315 e. The summed E-state index contributed by atoms with van der Waals surface area (Å²) in [6.45, 7) is 5.43. The third-order valence-electron chi connectivity index (χ3n) is 7.92. The minimum Gasteiger partial charge on any atom is -0.493 e. The highest BCUT2D eigenvalue weighted by molar-refractivity contribution is 5.73. The molecule has 2 amide bonds. The summed E-state index contributed by atoms with van der Waals surface area (Å²) in [5.74, 6) is 1.51. The molecule has 9 heteroatoms. The molecular formula is C33H41N3O6. The Labute approximate surface area is 247 Å². The molecule has 0 saturated carbocycles. The molecule has 1 fully saturated rings. The molecule has 3 N–H and O–H groups in total. The van der Waals surface area contributed by atoms with Crippen molar-refractivity contribution in [1.82, 2.24) is 15.5 Å². The van der Waals surface area contributed by atoms with Crippen LogP contribution in [0.3, 0.4) is 0 Å². The predicted molar refractivity (Wildman–Crippen MR) is 159 cm³/mol. The van der Waals surface area contributed by atoms with Crippen molar-refractivity contribution in [3.05, 3.63) is 94.0 Å². The van der Waals surface area contributed by atoms with Crippen LogP contribution in [-0.2, 0) is 35.6 Å². The smallest absolute Gasteiger partial charge is 0.315 e. The minimum absolute atomic E-state index is 0.00850. The number of urea groups is 1. The summed E-state index contributed by atoms with van der Waals surface area (Å²) in [7, 11) is 3.34. The van der Waals surface area contributed by atoms with Gasteiger partial charge in [0.05, 0.1) is 33.0 Å². The standard InChI is InChI=1S/C33H41N3O6/c1-4-34-33(38)35-18-22-5-11-25(12-6-22)32-41-28(17-29(42-32)24-9-7-23(21-37)8-10-24)20-36-14-13-26-15-30(39-2)31(40-3)16-27(26)19-36/h5-12,15-16,28-29,32,37H,4,13-14,17-21H2,1-3H3,(H2,34,35,38)/t28-,29+,32+/m1/s1. The monoisotopic (exact) mass is 575 g/mol. The number of nitrogens with one attached hydrogen (secondary N) is 2. The summed E-state index contributed by atoms with van der Waals surface area (Å²) in [4.78, 5) is 14.2. The van der Waals surface area contributed by atoms with Crippen LogP contribution in [0, 0.1) is 0 Å². The molecule has 0 aromatic heterocycles. The van der Waals surface area contributed by atoms with Crippen molar-refractivity contribution < 1.29 is 28.8 Å². The van der Waals surface area contributed by atoms with Gasteiger partial charge in [-0.1, -0.05) is 48.5 Å². The van der Waals surface area contributed by atoms with E-state index in [0.717, 1.165) is 66.2 Å². The van der Waals surface area contributed by atoms with Gasteiger partial charge in [0.1, 0.15) is 0 Å². The predicted octanol–water partition coefficient (Wildman–Crippen LogP) is 4.62. The molecule has 3 atom stereocenters. The number of benzene rings is 3. The van der Waals surface area contributed by atoms with E-state index < -0.39 is 6.29 Å². The molecular weight excluding hydrogens is 534 g/mol. The van der Waals surface area contributed by atoms with Crippen LogP contribution in [-0.4, -0.2) is 56.0 Å². The molecule has 9 nitrogen and oxygen atoms in total. The van der Waals surface area contributed by atoms with Crippen molar-refractivity contribution in [3.8, 4) is 11.5 Å². The lowest BCUT2D eigenvalue weighted by molar-refractivity contribution is -0.253. The van der Waals surface area contributed by atoms with Crippen LogP contribution >= 0.6 is 0 Å². The summed E-state index contributed by atoms with van der Waals surface area (Å²) in [6, 6.07) is 19.9. The molecule has 3 aromatic carbocycles. The van der Waals surface area contributed by atoms with Gasteiger partial charge in [0, 0.05) is 44.7 Å². The molecule has 0 unspecified atom stereocenters. The molecule has 0 radical (unpaired) electrons. The number of methoxy groups -OCH3 is 2. The van der Waals surface area contributed by atoms with E-state index in [1.165, 1.54) is 11.1 Å². The minimum atomic E-state index is -0.530. The quantitative estimate of drug-likeness (QED) is 0.324. The SMILES string of the molecule is CCNC(=O)NCc1ccc([C@H]2O[C@@H](CN3CCc4cc(OC)c(OC)cc4C3)C[C@@H](c3ccc(CO)cc3)O2)cc1. The van der Waals surface area contributed by atoms with Gasteiger partial charge < -0.3 is 34.7 Å². The zero-order chi connectivity index (χ0) is 29.5. The number of carbonyl (C=O) groups excluding carboxylic acids is 1. The van der Waals surface area contributed by atoms with Gasteiger partial charge in [-0.3, -0.25) is 4.90 Å². The average Bonchev–Trinajstić information content (AvgIpc) is 3.03. The van der Waals surface area contributed by atoms with Gasteiger partial charge in [-0.15, -0.1) is 0 Å². The third kappa shape index (κ3) is 7.22. The summed E-state index contributed by atoms with van der Waals surface area (Å²) in [5, 5.41) is 15.1. The number of ether oxygens (including phenoxy) is 4. The molecule has 1 saturated heterocycles. The Balaban J connectivity index is 1.31. The molecule has 224 valence electrons. The zero-order valence-corrected chi connectivity index (χ0v) is 24.6. The molecule has 42 heavy (non-hydrogen) atoms. The number of amides is 2. The van der Waals surface area contributed by atoms with Crippen molar-refractivity contribution in [1.29, 1.82) is 0 Å². The van der Waals surface area contributed by atoms with Crippen molar-refractivity contribution >= 4 is 6.03 Å². The largest absolute Gasteiger partial charge is 0.493 e. The first-order valence-corrected chi connectivity index (χ1v) is 14.6. The first-order valence-electron chi connectivity index (χ1n) is 14.6. The first kappa shape index (κ1) is 29.8. The second-order valence-electron chi connectivity index (χ2n) is 10.8. The number of aliphatic hydroxyl groups is 1. The molecule has 0 spiro atoms. The second-order valence-corrected chi connectivity index (χ2v) is 10.8. The van der Waals surface area contributed by atoms with E-state index in [9.17, 15) is 9.90 Å². The average molecular weight is 576 g/mol. The van der Waals surface area contributed by atoms with Crippen LogP contribution in [0.4, 0.5) is 4.79 Å². The lowest BCUT2D eigenvalue weighted by atomic mass is 9.97. The molecule has 0 bridgehead atoms. The second kappa shape index (κ2) is 14.0. The van der Waals surface area contributed by atoms with Crippen molar-refractivity contribution in [2.24, 2.45) is 0 Å². The van der Waals surface area contributed by atoms with Crippen molar-refractivity contribution in [2.75, 3.05) is 33.9 Å². The van der Waals surface area contributed by atoms with Gasteiger partial charge in [0.25, 0.3) is 0 Å². The van der Waals surface area contributed by atoms with E-state index >= 15 is 0 Å². The number of aliphatic hydroxyl groups excluding tert-OH is 1. The maximum absolute atomic E-state index is 11.8. The molecule has 3 aromatic rings. The first-order chi connectivity index (χ1) is 20.5. The third-order valence-corrected chi connectivity index (χ3v) is 7.92. The normalized spacial score (nSPS) is 20.4. The number of fused-ring (bicyclic) bond motifs is 1. The lowest BCUT2D eigenvalue weighted by Crippen LogP contribution is -2.41. The summed E-state index contributed by atoms with van der Waals surface area (Å²) >= 11 is 0. The summed E-state index contributed by atoms with van der Waals surface area (Å²) < 4.78 is 24.2. The van der Waals surface area contributed by atoms with Gasteiger partial charge >= 0.3 is 6.03 Å². The van der Waals surface area contributed by atoms with Crippen LogP contribution < -0.4 is 20.1 Å². The lowest BCUT2D eigenvalue weighted by Gasteiger charge is -2.39. The molecule has 0 aliphatic carbocycles. The van der Waals surface area contributed by atoms with Crippen molar-refractivity contribution in [3.63, 3.8) is 0 Å². The topological polar surface area (TPSA) is 102 Å². The number of hydrogen-bond donors (Lipinski definition) is 3. The fourth-order valence-corrected chi connectivity index (χ4v) is 5.62. The Hall–Kier alpha value is -3.63. The van der Waals surface area contributed by atoms with E-state index in [-0.39, 0.29) is 24.8 Å². The Morgan fingerprint density at radius 1 is 0.929 bits per heavy atom. The Kier molecular flexibility index (Phi) is 9.97. The van der Waals surface area contributed by atoms with Gasteiger partial charge in [0.15, 0.2) is 17.8 Å². The highest BCUT2D eigenvalue weighted by Crippen LogP contribution is 2.39. The molecule has 2 heterocycles. The van der Waals surface area contributed by atoms with Gasteiger partial charge in [-0.25, -0.2) is 4.79 Å². The number of hydrogen-bond acceptors (Lipinski definition) is 7. The van der Waals surface area contributed by atoms with E-state index in [1.54, 1.807) is 14.2 Å². The van der Waals surface area contributed by atoms with Crippen LogP contribution in [0.15, 0.2) is 60.7 Å². The summed E-state index contributed by atoms with van der Waals surface area (Å²) in [6.07, 6.45) is 0.922. The zero-order valence-electron chi connectivity index (χ0n) is 24.6. The number of rotatable bonds is 10. The van der Waals surface area contributed by atoms with Gasteiger partial charge in [-0.2, -0.15) is 0 Å².